The van der Waals surface area contributed by atoms with Crippen LogP contribution in [0.5, 0.6) is 0 Å². The second-order valence-electron chi connectivity index (χ2n) is 4.54. The highest BCUT2D eigenvalue weighted by Crippen LogP contribution is 2.12. The monoisotopic (exact) mass is 252 g/mol. The van der Waals surface area contributed by atoms with Gasteiger partial charge in [-0.2, -0.15) is 9.98 Å². The normalized spacial score (nSPS) is 11.4. The van der Waals surface area contributed by atoms with Gasteiger partial charge >= 0.3 is 0 Å². The summed E-state index contributed by atoms with van der Waals surface area (Å²) in [5.41, 5.74) is 0. The van der Waals surface area contributed by atoms with Gasteiger partial charge in [-0.05, 0) is 12.8 Å². The van der Waals surface area contributed by atoms with E-state index in [0.29, 0.717) is 6.42 Å². The zero-order valence-corrected chi connectivity index (χ0v) is 11.4. The first-order chi connectivity index (χ1) is 8.85. The Morgan fingerprint density at radius 2 is 1.22 bits per heavy atom. The van der Waals surface area contributed by atoms with Gasteiger partial charge in [-0.25, -0.2) is 9.59 Å². The lowest BCUT2D eigenvalue weighted by Crippen LogP contribution is -1.99. The smallest absolute Gasteiger partial charge is 0.211 e. The van der Waals surface area contributed by atoms with Crippen molar-refractivity contribution in [2.45, 2.75) is 77.3 Å². The minimum atomic E-state index is -0.565. The molecule has 0 saturated heterocycles. The van der Waals surface area contributed by atoms with Crippen LogP contribution in [0.2, 0.25) is 0 Å². The van der Waals surface area contributed by atoms with Gasteiger partial charge in [0.25, 0.3) is 0 Å². The third-order valence-electron chi connectivity index (χ3n) is 2.97. The molecule has 0 rings (SSSR count). The van der Waals surface area contributed by atoms with Gasteiger partial charge < -0.3 is 0 Å². The van der Waals surface area contributed by atoms with Gasteiger partial charge in [0.05, 0.1) is 0 Å². The zero-order chi connectivity index (χ0) is 13.5. The molecule has 0 aliphatic heterocycles. The summed E-state index contributed by atoms with van der Waals surface area (Å²) in [6.45, 7) is 2.22. The van der Waals surface area contributed by atoms with E-state index in [1.54, 1.807) is 0 Å². The molecule has 0 amide bonds. The molecule has 0 atom stereocenters. The van der Waals surface area contributed by atoms with Crippen LogP contribution < -0.4 is 0 Å². The molecule has 0 spiro atoms. The van der Waals surface area contributed by atoms with Crippen molar-refractivity contribution < 1.29 is 9.59 Å². The van der Waals surface area contributed by atoms with E-state index in [1.807, 2.05) is 0 Å². The topological polar surface area (TPSA) is 58.9 Å². The average Bonchev–Trinajstić information content (AvgIpc) is 2.37. The molecule has 0 saturated carbocycles. The minimum absolute atomic E-state index is 0.565. The Hall–Kier alpha value is -1.24. The van der Waals surface area contributed by atoms with E-state index >= 15 is 0 Å². The fourth-order valence-corrected chi connectivity index (χ4v) is 1.92. The molecule has 102 valence electrons. The summed E-state index contributed by atoms with van der Waals surface area (Å²) in [6, 6.07) is 0. The Morgan fingerprint density at radius 3 is 1.67 bits per heavy atom. The van der Waals surface area contributed by atoms with Crippen LogP contribution in [0.3, 0.4) is 0 Å². The maximum absolute atomic E-state index is 10.1. The van der Waals surface area contributed by atoms with Crippen LogP contribution in [0.1, 0.15) is 71.1 Å². The fourth-order valence-electron chi connectivity index (χ4n) is 1.92. The van der Waals surface area contributed by atoms with Gasteiger partial charge in [0.15, 0.2) is 6.17 Å². The Labute approximate surface area is 110 Å². The second-order valence-corrected chi connectivity index (χ2v) is 4.54. The molecule has 0 heterocycles. The van der Waals surface area contributed by atoms with Crippen LogP contribution >= 0.6 is 0 Å². The summed E-state index contributed by atoms with van der Waals surface area (Å²) in [4.78, 5) is 27.0. The third kappa shape index (κ3) is 11.3. The number of carbonyl (C=O) groups excluding carboxylic acids is 2. The number of aliphatic imine (C=N–C) groups is 2. The number of nitrogens with zero attached hydrogens (tertiary/aromatic N) is 2. The maximum atomic E-state index is 10.1. The lowest BCUT2D eigenvalue weighted by atomic mass is 10.1. The lowest BCUT2D eigenvalue weighted by molar-refractivity contribution is 0.516. The third-order valence-corrected chi connectivity index (χ3v) is 2.97. The number of unbranched alkanes of at least 4 members (excludes halogenated alkanes) is 8. The van der Waals surface area contributed by atoms with Crippen LogP contribution in [0.4, 0.5) is 0 Å². The minimum Gasteiger partial charge on any atom is -0.211 e. The van der Waals surface area contributed by atoms with Crippen molar-refractivity contribution in [3.05, 3.63) is 0 Å². The molecule has 0 bridgehead atoms. The molecule has 0 aromatic heterocycles. The summed E-state index contributed by atoms with van der Waals surface area (Å²) in [5, 5.41) is 0. The van der Waals surface area contributed by atoms with E-state index in [-0.39, 0.29) is 0 Å². The van der Waals surface area contributed by atoms with Crippen LogP contribution in [-0.2, 0) is 9.59 Å². The summed E-state index contributed by atoms with van der Waals surface area (Å²) in [7, 11) is 0. The molecular formula is C14H24N2O2. The largest absolute Gasteiger partial charge is 0.237 e. The van der Waals surface area contributed by atoms with Gasteiger partial charge in [-0.3, -0.25) is 0 Å². The summed E-state index contributed by atoms with van der Waals surface area (Å²) < 4.78 is 0. The molecule has 0 fully saturated rings. The predicted molar refractivity (Wildman–Crippen MR) is 71.9 cm³/mol. The first-order valence-corrected chi connectivity index (χ1v) is 6.99. The molecule has 4 heteroatoms. The maximum Gasteiger partial charge on any atom is 0.237 e. The average molecular weight is 252 g/mol. The number of isocyanates is 2. The lowest BCUT2D eigenvalue weighted by Gasteiger charge is -2.03. The van der Waals surface area contributed by atoms with Crippen molar-refractivity contribution in [3.63, 3.8) is 0 Å². The van der Waals surface area contributed by atoms with Gasteiger partial charge in [-0.1, -0.05) is 58.3 Å². The highest BCUT2D eigenvalue weighted by Gasteiger charge is 2.03. The Morgan fingerprint density at radius 1 is 0.778 bits per heavy atom. The Kier molecular flexibility index (Phi) is 12.9. The molecule has 4 nitrogen and oxygen atoms in total. The van der Waals surface area contributed by atoms with Crippen molar-refractivity contribution in [1.29, 1.82) is 0 Å². The van der Waals surface area contributed by atoms with Crippen LogP contribution in [0.25, 0.3) is 0 Å². The summed E-state index contributed by atoms with van der Waals surface area (Å²) >= 11 is 0. The van der Waals surface area contributed by atoms with Gasteiger partial charge in [-0.15, -0.1) is 0 Å². The van der Waals surface area contributed by atoms with Gasteiger partial charge in [0.1, 0.15) is 0 Å². The second kappa shape index (κ2) is 13.8. The molecule has 0 aromatic carbocycles. The van der Waals surface area contributed by atoms with Gasteiger partial charge in [0.2, 0.25) is 12.2 Å². The predicted octanol–water partition coefficient (Wildman–Crippen LogP) is 3.91. The molecule has 0 aliphatic carbocycles. The molecule has 18 heavy (non-hydrogen) atoms. The SMILES string of the molecule is CCCCCCCCCCCC(N=C=O)N=C=O. The summed E-state index contributed by atoms with van der Waals surface area (Å²) in [5.74, 6) is 0. The van der Waals surface area contributed by atoms with E-state index in [9.17, 15) is 9.59 Å². The molecule has 0 aliphatic rings. The highest BCUT2D eigenvalue weighted by molar-refractivity contribution is 5.36. The molecule has 0 unspecified atom stereocenters. The first kappa shape index (κ1) is 16.8. The number of rotatable bonds is 12. The Bertz CT molecular complexity index is 262. The van der Waals surface area contributed by atoms with Crippen LogP contribution in [0, 0.1) is 0 Å². The van der Waals surface area contributed by atoms with Crippen molar-refractivity contribution in [3.8, 4) is 0 Å². The van der Waals surface area contributed by atoms with E-state index in [2.05, 4.69) is 16.9 Å². The van der Waals surface area contributed by atoms with Gasteiger partial charge in [0, 0.05) is 0 Å². The van der Waals surface area contributed by atoms with Crippen molar-refractivity contribution >= 4 is 12.2 Å². The van der Waals surface area contributed by atoms with E-state index in [0.717, 1.165) is 12.8 Å². The van der Waals surface area contributed by atoms with Crippen LogP contribution in [0.15, 0.2) is 9.98 Å². The van der Waals surface area contributed by atoms with E-state index < -0.39 is 6.17 Å². The highest BCUT2D eigenvalue weighted by atomic mass is 16.1. The van der Waals surface area contributed by atoms with Crippen LogP contribution in [-0.4, -0.2) is 18.3 Å². The molecule has 0 radical (unpaired) electrons. The molecule has 0 aromatic rings. The quantitative estimate of drug-likeness (QED) is 0.300. The van der Waals surface area contributed by atoms with E-state index in [1.165, 1.54) is 57.1 Å². The van der Waals surface area contributed by atoms with E-state index in [4.69, 9.17) is 0 Å². The fraction of sp³-hybridized carbons (Fsp3) is 0.857. The van der Waals surface area contributed by atoms with Crippen molar-refractivity contribution in [2.75, 3.05) is 0 Å². The standard InChI is InChI=1S/C14H24N2O2/c1-2-3-4-5-6-7-8-9-10-11-14(15-12-17)16-13-18/h14H,2-11H2,1H3. The zero-order valence-electron chi connectivity index (χ0n) is 11.4. The summed E-state index contributed by atoms with van der Waals surface area (Å²) in [6.07, 6.45) is 14.1. The van der Waals surface area contributed by atoms with Crippen molar-refractivity contribution in [2.24, 2.45) is 9.98 Å². The molecular weight excluding hydrogens is 228 g/mol. The molecule has 0 N–H and O–H groups in total. The first-order valence-electron chi connectivity index (χ1n) is 6.99. The Balaban J connectivity index is 3.38. The number of hydrogen-bond donors (Lipinski definition) is 0. The van der Waals surface area contributed by atoms with Crippen molar-refractivity contribution in [1.82, 2.24) is 0 Å². The number of hydrogen-bond acceptors (Lipinski definition) is 4.